The third-order valence-corrected chi connectivity index (χ3v) is 5.26. The van der Waals surface area contributed by atoms with Crippen molar-refractivity contribution >= 4 is 29.4 Å². The Morgan fingerprint density at radius 3 is 2.16 bits per heavy atom. The number of rotatable bonds is 3. The highest BCUT2D eigenvalue weighted by Crippen LogP contribution is 2.36. The maximum atomic E-state index is 13.1. The van der Waals surface area contributed by atoms with E-state index >= 15 is 0 Å². The molecule has 2 unspecified atom stereocenters. The van der Waals surface area contributed by atoms with Gasteiger partial charge in [0.05, 0.1) is 22.4 Å². The van der Waals surface area contributed by atoms with Crippen LogP contribution >= 0.6 is 11.6 Å². The smallest absolute Gasteiger partial charge is 0.307 e. The van der Waals surface area contributed by atoms with Crippen molar-refractivity contribution in [2.75, 3.05) is 26.2 Å². The van der Waals surface area contributed by atoms with Gasteiger partial charge in [-0.2, -0.15) is 0 Å². The topological polar surface area (TPSA) is 77.9 Å². The maximum Gasteiger partial charge on any atom is 0.307 e. The van der Waals surface area contributed by atoms with Gasteiger partial charge in [-0.25, -0.2) is 4.39 Å². The molecule has 2 fully saturated rings. The predicted molar refractivity (Wildman–Crippen MR) is 87.7 cm³/mol. The maximum absolute atomic E-state index is 13.1. The van der Waals surface area contributed by atoms with Crippen LogP contribution in [-0.4, -0.2) is 58.9 Å². The zero-order valence-electron chi connectivity index (χ0n) is 13.5. The quantitative estimate of drug-likeness (QED) is 0.883. The molecule has 1 saturated heterocycles. The van der Waals surface area contributed by atoms with Crippen LogP contribution in [0.15, 0.2) is 18.2 Å². The summed E-state index contributed by atoms with van der Waals surface area (Å²) in [5, 5.41) is 9.13. The minimum absolute atomic E-state index is 0.0577. The molecule has 1 aliphatic heterocycles. The molecule has 0 bridgehead atoms. The van der Waals surface area contributed by atoms with Gasteiger partial charge in [0.1, 0.15) is 5.82 Å². The number of carboxylic acids is 1. The largest absolute Gasteiger partial charge is 0.481 e. The molecule has 0 spiro atoms. The Balaban J connectivity index is 1.59. The van der Waals surface area contributed by atoms with E-state index in [1.807, 2.05) is 0 Å². The first kappa shape index (κ1) is 17.7. The molecule has 2 aliphatic rings. The third kappa shape index (κ3) is 3.46. The molecule has 0 radical (unpaired) electrons. The summed E-state index contributed by atoms with van der Waals surface area (Å²) >= 11 is 5.93. The summed E-state index contributed by atoms with van der Waals surface area (Å²) in [5.41, 5.74) is 0.229. The van der Waals surface area contributed by atoms with E-state index in [1.54, 1.807) is 9.80 Å². The zero-order valence-corrected chi connectivity index (χ0v) is 14.2. The average Bonchev–Trinajstić information content (AvgIpc) is 2.53. The number of carbonyl (C=O) groups is 3. The van der Waals surface area contributed by atoms with Crippen LogP contribution in [0.1, 0.15) is 23.2 Å². The van der Waals surface area contributed by atoms with Crippen molar-refractivity contribution in [1.82, 2.24) is 9.80 Å². The van der Waals surface area contributed by atoms with Crippen LogP contribution in [-0.2, 0) is 9.59 Å². The molecule has 1 aromatic carbocycles. The van der Waals surface area contributed by atoms with Gasteiger partial charge in [0.2, 0.25) is 5.91 Å². The molecule has 1 aliphatic carbocycles. The molecule has 1 N–H and O–H groups in total. The van der Waals surface area contributed by atoms with E-state index in [1.165, 1.54) is 12.1 Å². The fourth-order valence-corrected chi connectivity index (χ4v) is 3.54. The Kier molecular flexibility index (Phi) is 4.94. The summed E-state index contributed by atoms with van der Waals surface area (Å²) in [6, 6.07) is 3.63. The molecule has 25 heavy (non-hydrogen) atoms. The average molecular weight is 369 g/mol. The highest BCUT2D eigenvalue weighted by atomic mass is 35.5. The molecule has 0 aromatic heterocycles. The SMILES string of the molecule is O=C(O)C1CCC1C(=O)N1CCN(C(=O)c2ccc(F)cc2Cl)CC1. The second kappa shape index (κ2) is 7.00. The third-order valence-electron chi connectivity index (χ3n) is 4.95. The number of halogens is 2. The van der Waals surface area contributed by atoms with E-state index in [2.05, 4.69) is 0 Å². The van der Waals surface area contributed by atoms with Gasteiger partial charge in [0.25, 0.3) is 5.91 Å². The molecule has 8 heteroatoms. The lowest BCUT2D eigenvalue weighted by Crippen LogP contribution is -2.54. The monoisotopic (exact) mass is 368 g/mol. The summed E-state index contributed by atoms with van der Waals surface area (Å²) in [6.07, 6.45) is 1.13. The molecule has 134 valence electrons. The normalized spacial score (nSPS) is 23.1. The van der Waals surface area contributed by atoms with Gasteiger partial charge >= 0.3 is 5.97 Å². The lowest BCUT2D eigenvalue weighted by Gasteiger charge is -2.40. The summed E-state index contributed by atoms with van der Waals surface area (Å²) in [6.45, 7) is 1.38. The Hall–Kier alpha value is -2.15. The van der Waals surface area contributed by atoms with Crippen molar-refractivity contribution in [3.05, 3.63) is 34.6 Å². The van der Waals surface area contributed by atoms with Crippen LogP contribution in [0.3, 0.4) is 0 Å². The Morgan fingerprint density at radius 2 is 1.64 bits per heavy atom. The summed E-state index contributed by atoms with van der Waals surface area (Å²) in [7, 11) is 0. The Morgan fingerprint density at radius 1 is 1.04 bits per heavy atom. The summed E-state index contributed by atoms with van der Waals surface area (Å²) < 4.78 is 13.1. The summed E-state index contributed by atoms with van der Waals surface area (Å²) in [5.74, 6) is -2.93. The Labute approximate surface area is 149 Å². The van der Waals surface area contributed by atoms with Crippen LogP contribution in [0.4, 0.5) is 4.39 Å². The van der Waals surface area contributed by atoms with Gasteiger partial charge in [-0.05, 0) is 31.0 Å². The fourth-order valence-electron chi connectivity index (χ4n) is 3.29. The lowest BCUT2D eigenvalue weighted by molar-refractivity contribution is -0.157. The molecule has 6 nitrogen and oxygen atoms in total. The number of piperazine rings is 1. The first-order valence-electron chi connectivity index (χ1n) is 8.14. The van der Waals surface area contributed by atoms with Gasteiger partial charge in [-0.1, -0.05) is 11.6 Å². The molecule has 1 heterocycles. The minimum atomic E-state index is -0.927. The summed E-state index contributed by atoms with van der Waals surface area (Å²) in [4.78, 5) is 39.2. The standard InChI is InChI=1S/C17H18ClFN2O4/c18-14-9-10(19)1-2-13(14)16(23)21-7-5-20(6-8-21)15(22)11-3-4-12(11)17(24)25/h1-2,9,11-12H,3-8H2,(H,24,25). The van der Waals surface area contributed by atoms with E-state index in [9.17, 15) is 18.8 Å². The van der Waals surface area contributed by atoms with E-state index in [0.29, 0.717) is 39.0 Å². The van der Waals surface area contributed by atoms with Gasteiger partial charge in [0.15, 0.2) is 0 Å². The number of carbonyl (C=O) groups excluding carboxylic acids is 2. The number of aliphatic carboxylic acids is 1. The van der Waals surface area contributed by atoms with Crippen molar-refractivity contribution in [3.8, 4) is 0 Å². The van der Waals surface area contributed by atoms with E-state index < -0.39 is 23.6 Å². The highest BCUT2D eigenvalue weighted by Gasteiger charge is 2.43. The van der Waals surface area contributed by atoms with E-state index in [4.69, 9.17) is 16.7 Å². The van der Waals surface area contributed by atoms with E-state index in [0.717, 1.165) is 6.07 Å². The van der Waals surface area contributed by atoms with Crippen LogP contribution in [0.5, 0.6) is 0 Å². The number of hydrogen-bond acceptors (Lipinski definition) is 3. The van der Waals surface area contributed by atoms with Crippen molar-refractivity contribution in [2.45, 2.75) is 12.8 Å². The number of hydrogen-bond donors (Lipinski definition) is 1. The van der Waals surface area contributed by atoms with E-state index in [-0.39, 0.29) is 22.4 Å². The van der Waals surface area contributed by atoms with Crippen LogP contribution in [0.2, 0.25) is 5.02 Å². The fraction of sp³-hybridized carbons (Fsp3) is 0.471. The van der Waals surface area contributed by atoms with Crippen LogP contribution < -0.4 is 0 Å². The lowest BCUT2D eigenvalue weighted by atomic mass is 9.73. The van der Waals surface area contributed by atoms with Crippen LogP contribution in [0.25, 0.3) is 0 Å². The van der Waals surface area contributed by atoms with Crippen molar-refractivity contribution in [1.29, 1.82) is 0 Å². The minimum Gasteiger partial charge on any atom is -0.481 e. The molecular weight excluding hydrogens is 351 g/mol. The van der Waals surface area contributed by atoms with Crippen molar-refractivity contribution in [2.24, 2.45) is 11.8 Å². The molecule has 3 rings (SSSR count). The molecule has 2 atom stereocenters. The zero-order chi connectivity index (χ0) is 18.1. The number of amides is 2. The molecule has 1 aromatic rings. The van der Waals surface area contributed by atoms with Gasteiger partial charge in [-0.15, -0.1) is 0 Å². The van der Waals surface area contributed by atoms with Crippen LogP contribution in [0, 0.1) is 17.7 Å². The predicted octanol–water partition coefficient (Wildman–Crippen LogP) is 1.87. The number of benzene rings is 1. The second-order valence-corrected chi connectivity index (χ2v) is 6.78. The molecule has 1 saturated carbocycles. The Bertz CT molecular complexity index is 719. The highest BCUT2D eigenvalue weighted by molar-refractivity contribution is 6.33. The van der Waals surface area contributed by atoms with Crippen molar-refractivity contribution in [3.63, 3.8) is 0 Å². The second-order valence-electron chi connectivity index (χ2n) is 6.37. The van der Waals surface area contributed by atoms with Gasteiger partial charge < -0.3 is 14.9 Å². The molecular formula is C17H18ClFN2O4. The molecule has 2 amide bonds. The number of nitrogens with zero attached hydrogens (tertiary/aromatic N) is 2. The first-order chi connectivity index (χ1) is 11.9. The van der Waals surface area contributed by atoms with Gasteiger partial charge in [-0.3, -0.25) is 14.4 Å². The van der Waals surface area contributed by atoms with Crippen molar-refractivity contribution < 1.29 is 23.9 Å². The first-order valence-corrected chi connectivity index (χ1v) is 8.52. The van der Waals surface area contributed by atoms with Gasteiger partial charge in [0, 0.05) is 26.2 Å². The number of carboxylic acid groups (broad SMARTS) is 1.